The maximum Gasteiger partial charge on any atom is 0.171 e. The van der Waals surface area contributed by atoms with E-state index in [0.717, 1.165) is 22.4 Å². The number of benzene rings is 1. The number of hydrogen-bond acceptors (Lipinski definition) is 3. The van der Waals surface area contributed by atoms with Crippen molar-refractivity contribution < 1.29 is 0 Å². The van der Waals surface area contributed by atoms with Crippen LogP contribution in [0.1, 0.15) is 30.0 Å². The summed E-state index contributed by atoms with van der Waals surface area (Å²) >= 11 is 3.48. The molecule has 2 aromatic heterocycles. The molecule has 1 aromatic carbocycles. The SMILES string of the molecule is C[C@H](Cc1ccc2c(c1)CCC2)Nc1ccn2ncc(Br)c2n1. The first-order valence-electron chi connectivity index (χ1n) is 8.06. The molecule has 5 heteroatoms. The maximum absolute atomic E-state index is 4.62. The molecule has 4 nitrogen and oxygen atoms in total. The summed E-state index contributed by atoms with van der Waals surface area (Å²) in [5.41, 5.74) is 5.31. The predicted molar refractivity (Wildman–Crippen MR) is 95.9 cm³/mol. The standard InChI is InChI=1S/C18H19BrN4/c1-12(9-13-5-6-14-3-2-4-15(14)10-13)21-17-7-8-23-18(22-17)16(19)11-20-23/h5-8,10-12H,2-4,9H2,1H3,(H,21,22)/t12-/m1/s1. The molecule has 3 aromatic rings. The lowest BCUT2D eigenvalue weighted by atomic mass is 10.0. The van der Waals surface area contributed by atoms with Crippen LogP contribution in [0.3, 0.4) is 0 Å². The molecule has 1 aliphatic carbocycles. The third kappa shape index (κ3) is 2.98. The molecule has 1 atom stereocenters. The number of aromatic nitrogens is 3. The lowest BCUT2D eigenvalue weighted by Crippen LogP contribution is -2.19. The van der Waals surface area contributed by atoms with Crippen molar-refractivity contribution in [3.63, 3.8) is 0 Å². The highest BCUT2D eigenvalue weighted by atomic mass is 79.9. The number of rotatable bonds is 4. The lowest BCUT2D eigenvalue weighted by molar-refractivity contribution is 0.782. The van der Waals surface area contributed by atoms with Gasteiger partial charge in [-0.2, -0.15) is 5.10 Å². The van der Waals surface area contributed by atoms with Gasteiger partial charge in [0.2, 0.25) is 0 Å². The molecule has 0 bridgehead atoms. The van der Waals surface area contributed by atoms with Gasteiger partial charge >= 0.3 is 0 Å². The molecular formula is C18H19BrN4. The third-order valence-corrected chi connectivity index (χ3v) is 4.98. The summed E-state index contributed by atoms with van der Waals surface area (Å²) in [6.07, 6.45) is 8.47. The molecule has 0 spiro atoms. The number of nitrogens with zero attached hydrogens (tertiary/aromatic N) is 3. The maximum atomic E-state index is 4.62. The van der Waals surface area contributed by atoms with Gasteiger partial charge in [-0.25, -0.2) is 9.50 Å². The van der Waals surface area contributed by atoms with E-state index in [9.17, 15) is 0 Å². The fourth-order valence-electron chi connectivity index (χ4n) is 3.33. The van der Waals surface area contributed by atoms with Gasteiger partial charge in [0.15, 0.2) is 5.65 Å². The molecule has 23 heavy (non-hydrogen) atoms. The van der Waals surface area contributed by atoms with E-state index >= 15 is 0 Å². The van der Waals surface area contributed by atoms with E-state index in [-0.39, 0.29) is 0 Å². The molecule has 0 amide bonds. The molecule has 1 N–H and O–H groups in total. The first-order chi connectivity index (χ1) is 11.2. The molecule has 1 aliphatic rings. The Morgan fingerprint density at radius 3 is 3.04 bits per heavy atom. The van der Waals surface area contributed by atoms with Crippen LogP contribution >= 0.6 is 15.9 Å². The fraction of sp³-hybridized carbons (Fsp3) is 0.333. The zero-order valence-corrected chi connectivity index (χ0v) is 14.7. The van der Waals surface area contributed by atoms with Crippen molar-refractivity contribution in [1.82, 2.24) is 14.6 Å². The molecule has 118 valence electrons. The van der Waals surface area contributed by atoms with Gasteiger partial charge in [-0.1, -0.05) is 18.2 Å². The number of anilines is 1. The smallest absolute Gasteiger partial charge is 0.171 e. The van der Waals surface area contributed by atoms with Crippen molar-refractivity contribution in [3.8, 4) is 0 Å². The summed E-state index contributed by atoms with van der Waals surface area (Å²) in [4.78, 5) is 4.62. The van der Waals surface area contributed by atoms with Crippen molar-refractivity contribution in [2.75, 3.05) is 5.32 Å². The van der Waals surface area contributed by atoms with Crippen LogP contribution in [0.4, 0.5) is 5.82 Å². The average molecular weight is 371 g/mol. The van der Waals surface area contributed by atoms with Crippen molar-refractivity contribution in [1.29, 1.82) is 0 Å². The zero-order chi connectivity index (χ0) is 15.8. The van der Waals surface area contributed by atoms with Crippen LogP contribution in [0.15, 0.2) is 41.1 Å². The summed E-state index contributed by atoms with van der Waals surface area (Å²) in [5, 5.41) is 7.71. The van der Waals surface area contributed by atoms with Crippen LogP contribution in [0.5, 0.6) is 0 Å². The molecule has 4 rings (SSSR count). The van der Waals surface area contributed by atoms with E-state index in [1.165, 1.54) is 36.0 Å². The van der Waals surface area contributed by atoms with Gasteiger partial charge in [0.05, 0.1) is 10.7 Å². The minimum absolute atomic E-state index is 0.325. The Morgan fingerprint density at radius 2 is 2.13 bits per heavy atom. The van der Waals surface area contributed by atoms with Gasteiger partial charge in [0.1, 0.15) is 5.82 Å². The second-order valence-electron chi connectivity index (χ2n) is 6.28. The zero-order valence-electron chi connectivity index (χ0n) is 13.1. The highest BCUT2D eigenvalue weighted by Gasteiger charge is 2.12. The quantitative estimate of drug-likeness (QED) is 0.753. The number of nitrogens with one attached hydrogen (secondary N) is 1. The molecule has 0 unspecified atom stereocenters. The molecule has 0 saturated heterocycles. The van der Waals surface area contributed by atoms with Crippen LogP contribution in [-0.2, 0) is 19.3 Å². The first-order valence-corrected chi connectivity index (χ1v) is 8.85. The molecule has 2 heterocycles. The van der Waals surface area contributed by atoms with Crippen LogP contribution < -0.4 is 5.32 Å². The third-order valence-electron chi connectivity index (χ3n) is 4.43. The van der Waals surface area contributed by atoms with Crippen LogP contribution in [0.25, 0.3) is 5.65 Å². The second-order valence-corrected chi connectivity index (χ2v) is 7.13. The molecule has 0 aliphatic heterocycles. The summed E-state index contributed by atoms with van der Waals surface area (Å²) in [5.74, 6) is 0.882. The Morgan fingerprint density at radius 1 is 1.26 bits per heavy atom. The highest BCUT2D eigenvalue weighted by molar-refractivity contribution is 9.10. The van der Waals surface area contributed by atoms with Crippen molar-refractivity contribution in [3.05, 3.63) is 57.8 Å². The van der Waals surface area contributed by atoms with Crippen molar-refractivity contribution >= 4 is 27.4 Å². The van der Waals surface area contributed by atoms with Crippen LogP contribution in [-0.4, -0.2) is 20.6 Å². The van der Waals surface area contributed by atoms with E-state index in [1.54, 1.807) is 10.7 Å². The first kappa shape index (κ1) is 14.7. The van der Waals surface area contributed by atoms with Crippen LogP contribution in [0, 0.1) is 0 Å². The van der Waals surface area contributed by atoms with Crippen molar-refractivity contribution in [2.45, 2.75) is 38.6 Å². The fourth-order valence-corrected chi connectivity index (χ4v) is 3.69. The highest BCUT2D eigenvalue weighted by Crippen LogP contribution is 2.24. The van der Waals surface area contributed by atoms with E-state index in [4.69, 9.17) is 0 Å². The Labute approximate surface area is 144 Å². The number of aryl methyl sites for hydroxylation is 2. The molecule has 0 radical (unpaired) electrons. The molecule has 0 fully saturated rings. The van der Waals surface area contributed by atoms with Crippen LogP contribution in [0.2, 0.25) is 0 Å². The largest absolute Gasteiger partial charge is 0.367 e. The summed E-state index contributed by atoms with van der Waals surface area (Å²) in [6.45, 7) is 2.20. The molecular weight excluding hydrogens is 352 g/mol. The summed E-state index contributed by atoms with van der Waals surface area (Å²) in [6, 6.07) is 9.24. The number of hydrogen-bond donors (Lipinski definition) is 1. The minimum Gasteiger partial charge on any atom is -0.367 e. The number of fused-ring (bicyclic) bond motifs is 2. The van der Waals surface area contributed by atoms with E-state index in [2.05, 4.69) is 56.5 Å². The average Bonchev–Trinajstić information content (AvgIpc) is 3.14. The van der Waals surface area contributed by atoms with Crippen molar-refractivity contribution in [2.24, 2.45) is 0 Å². The van der Waals surface area contributed by atoms with Gasteiger partial charge in [0.25, 0.3) is 0 Å². The topological polar surface area (TPSA) is 42.2 Å². The summed E-state index contributed by atoms with van der Waals surface area (Å²) in [7, 11) is 0. The summed E-state index contributed by atoms with van der Waals surface area (Å²) < 4.78 is 2.67. The molecule has 0 saturated carbocycles. The lowest BCUT2D eigenvalue weighted by Gasteiger charge is -2.15. The van der Waals surface area contributed by atoms with E-state index < -0.39 is 0 Å². The number of halogens is 1. The van der Waals surface area contributed by atoms with Gasteiger partial charge < -0.3 is 5.32 Å². The van der Waals surface area contributed by atoms with Gasteiger partial charge in [0, 0.05) is 12.2 Å². The Kier molecular flexibility index (Phi) is 3.81. The Bertz CT molecular complexity index is 855. The monoisotopic (exact) mass is 370 g/mol. The van der Waals surface area contributed by atoms with E-state index in [1.807, 2.05) is 12.3 Å². The Balaban J connectivity index is 1.48. The van der Waals surface area contributed by atoms with Gasteiger partial charge in [-0.05, 0) is 71.3 Å². The van der Waals surface area contributed by atoms with Gasteiger partial charge in [-0.15, -0.1) is 0 Å². The predicted octanol–water partition coefficient (Wildman–Crippen LogP) is 4.02. The van der Waals surface area contributed by atoms with E-state index in [0.29, 0.717) is 6.04 Å². The Hall–Kier alpha value is -1.88. The van der Waals surface area contributed by atoms with Gasteiger partial charge in [-0.3, -0.25) is 0 Å². The minimum atomic E-state index is 0.325. The normalized spacial score (nSPS) is 14.9. The second kappa shape index (κ2) is 5.96.